The molecule has 0 aliphatic heterocycles. The van der Waals surface area contributed by atoms with E-state index in [4.69, 9.17) is 4.74 Å². The van der Waals surface area contributed by atoms with Gasteiger partial charge in [0.15, 0.2) is 5.96 Å². The number of rotatable bonds is 6. The quantitative estimate of drug-likeness (QED) is 0.477. The van der Waals surface area contributed by atoms with Gasteiger partial charge in [0.2, 0.25) is 0 Å². The van der Waals surface area contributed by atoms with E-state index < -0.39 is 0 Å². The predicted molar refractivity (Wildman–Crippen MR) is 85.5 cm³/mol. The van der Waals surface area contributed by atoms with Gasteiger partial charge in [-0.3, -0.25) is 4.99 Å². The molecule has 4 heteroatoms. The summed E-state index contributed by atoms with van der Waals surface area (Å²) < 4.78 is 5.74. The van der Waals surface area contributed by atoms with Crippen LogP contribution in [0.15, 0.2) is 29.3 Å². The maximum absolute atomic E-state index is 5.74. The van der Waals surface area contributed by atoms with Gasteiger partial charge < -0.3 is 15.4 Å². The second kappa shape index (κ2) is 8.46. The van der Waals surface area contributed by atoms with Crippen molar-refractivity contribution in [2.75, 3.05) is 20.2 Å². The number of hydrogen-bond acceptors (Lipinski definition) is 2. The number of nitrogens with one attached hydrogen (secondary N) is 2. The normalized spacial score (nSPS) is 13.2. The number of ether oxygens (including phenoxy) is 1. The van der Waals surface area contributed by atoms with Gasteiger partial charge in [0.05, 0.1) is 6.54 Å². The molecule has 4 nitrogen and oxygen atoms in total. The Kier molecular flexibility index (Phi) is 6.91. The summed E-state index contributed by atoms with van der Waals surface area (Å²) in [6.45, 7) is 9.91. The molecule has 0 spiro atoms. The number of para-hydroxylation sites is 1. The van der Waals surface area contributed by atoms with E-state index in [0.717, 1.165) is 23.8 Å². The molecular formula is C16H27N3O. The standard InChI is InChI=1S/C16H27N3O/c1-12(2)14(4)19-16(17-5)18-10-11-20-15-9-7-6-8-13(15)3/h6-9,12,14H,10-11H2,1-5H3,(H2,17,18,19). The first-order valence-electron chi connectivity index (χ1n) is 7.20. The largest absolute Gasteiger partial charge is 0.491 e. The SMILES string of the molecule is CN=C(NCCOc1ccccc1C)NC(C)C(C)C. The van der Waals surface area contributed by atoms with Gasteiger partial charge >= 0.3 is 0 Å². The zero-order chi connectivity index (χ0) is 15.0. The fourth-order valence-corrected chi connectivity index (χ4v) is 1.63. The summed E-state index contributed by atoms with van der Waals surface area (Å²) in [7, 11) is 1.78. The summed E-state index contributed by atoms with van der Waals surface area (Å²) in [6, 6.07) is 8.43. The molecule has 0 radical (unpaired) electrons. The maximum atomic E-state index is 5.74. The van der Waals surface area contributed by atoms with Gasteiger partial charge in [0.1, 0.15) is 12.4 Å². The van der Waals surface area contributed by atoms with Crippen molar-refractivity contribution in [1.82, 2.24) is 10.6 Å². The van der Waals surface area contributed by atoms with E-state index in [-0.39, 0.29) is 0 Å². The Morgan fingerprint density at radius 3 is 2.55 bits per heavy atom. The highest BCUT2D eigenvalue weighted by Gasteiger charge is 2.08. The molecule has 0 bridgehead atoms. The topological polar surface area (TPSA) is 45.7 Å². The predicted octanol–water partition coefficient (Wildman–Crippen LogP) is 2.58. The average Bonchev–Trinajstić information content (AvgIpc) is 2.43. The lowest BCUT2D eigenvalue weighted by atomic mass is 10.1. The van der Waals surface area contributed by atoms with Crippen LogP contribution in [0.1, 0.15) is 26.3 Å². The highest BCUT2D eigenvalue weighted by Crippen LogP contribution is 2.15. The van der Waals surface area contributed by atoms with Gasteiger partial charge in [-0.1, -0.05) is 32.0 Å². The maximum Gasteiger partial charge on any atom is 0.191 e. The van der Waals surface area contributed by atoms with E-state index in [1.165, 1.54) is 0 Å². The van der Waals surface area contributed by atoms with Crippen molar-refractivity contribution in [2.45, 2.75) is 33.7 Å². The van der Waals surface area contributed by atoms with E-state index in [2.05, 4.69) is 36.4 Å². The van der Waals surface area contributed by atoms with Crippen molar-refractivity contribution < 1.29 is 4.74 Å². The molecule has 0 fully saturated rings. The average molecular weight is 277 g/mol. The number of aliphatic imine (C=N–C) groups is 1. The van der Waals surface area contributed by atoms with Crippen LogP contribution in [0.25, 0.3) is 0 Å². The molecule has 1 rings (SSSR count). The van der Waals surface area contributed by atoms with Crippen LogP contribution >= 0.6 is 0 Å². The minimum atomic E-state index is 0.387. The van der Waals surface area contributed by atoms with Crippen molar-refractivity contribution in [3.8, 4) is 5.75 Å². The number of benzene rings is 1. The van der Waals surface area contributed by atoms with Crippen LogP contribution in [0.2, 0.25) is 0 Å². The van der Waals surface area contributed by atoms with E-state index in [1.807, 2.05) is 31.2 Å². The van der Waals surface area contributed by atoms with Crippen LogP contribution in [-0.2, 0) is 0 Å². The molecule has 2 N–H and O–H groups in total. The first-order chi connectivity index (χ1) is 9.54. The summed E-state index contributed by atoms with van der Waals surface area (Å²) in [5.74, 6) is 2.32. The number of aryl methyl sites for hydroxylation is 1. The Morgan fingerprint density at radius 2 is 1.95 bits per heavy atom. The monoisotopic (exact) mass is 277 g/mol. The van der Waals surface area contributed by atoms with Crippen LogP contribution in [-0.4, -0.2) is 32.2 Å². The second-order valence-corrected chi connectivity index (χ2v) is 5.29. The van der Waals surface area contributed by atoms with E-state index in [0.29, 0.717) is 18.6 Å². The van der Waals surface area contributed by atoms with E-state index in [1.54, 1.807) is 7.05 Å². The van der Waals surface area contributed by atoms with Crippen molar-refractivity contribution in [3.05, 3.63) is 29.8 Å². The molecule has 20 heavy (non-hydrogen) atoms. The number of nitrogens with zero attached hydrogens (tertiary/aromatic N) is 1. The molecule has 0 aromatic heterocycles. The molecule has 0 aliphatic carbocycles. The molecule has 0 saturated carbocycles. The van der Waals surface area contributed by atoms with E-state index >= 15 is 0 Å². The van der Waals surface area contributed by atoms with Crippen molar-refractivity contribution in [2.24, 2.45) is 10.9 Å². The Morgan fingerprint density at radius 1 is 1.25 bits per heavy atom. The van der Waals surface area contributed by atoms with Gasteiger partial charge in [0, 0.05) is 13.1 Å². The smallest absolute Gasteiger partial charge is 0.191 e. The zero-order valence-electron chi connectivity index (χ0n) is 13.2. The summed E-state index contributed by atoms with van der Waals surface area (Å²) in [6.07, 6.45) is 0. The molecule has 0 heterocycles. The van der Waals surface area contributed by atoms with Crippen LogP contribution in [0.3, 0.4) is 0 Å². The van der Waals surface area contributed by atoms with Crippen molar-refractivity contribution >= 4 is 5.96 Å². The summed E-state index contributed by atoms with van der Waals surface area (Å²) in [4.78, 5) is 4.21. The lowest BCUT2D eigenvalue weighted by Crippen LogP contribution is -2.45. The third kappa shape index (κ3) is 5.51. The van der Waals surface area contributed by atoms with Crippen LogP contribution in [0.4, 0.5) is 0 Å². The number of hydrogen-bond donors (Lipinski definition) is 2. The van der Waals surface area contributed by atoms with Gasteiger partial charge in [-0.2, -0.15) is 0 Å². The summed E-state index contributed by atoms with van der Waals surface area (Å²) in [5.41, 5.74) is 1.16. The summed E-state index contributed by atoms with van der Waals surface area (Å²) in [5, 5.41) is 6.62. The third-order valence-corrected chi connectivity index (χ3v) is 3.33. The lowest BCUT2D eigenvalue weighted by Gasteiger charge is -2.20. The molecule has 0 amide bonds. The Hall–Kier alpha value is -1.71. The second-order valence-electron chi connectivity index (χ2n) is 5.29. The molecule has 1 aromatic rings. The van der Waals surface area contributed by atoms with Crippen LogP contribution in [0.5, 0.6) is 5.75 Å². The fraction of sp³-hybridized carbons (Fsp3) is 0.562. The van der Waals surface area contributed by atoms with Gasteiger partial charge in [-0.25, -0.2) is 0 Å². The minimum absolute atomic E-state index is 0.387. The Bertz CT molecular complexity index is 429. The third-order valence-electron chi connectivity index (χ3n) is 3.33. The molecular weight excluding hydrogens is 250 g/mol. The van der Waals surface area contributed by atoms with Crippen molar-refractivity contribution in [1.29, 1.82) is 0 Å². The summed E-state index contributed by atoms with van der Waals surface area (Å²) >= 11 is 0. The van der Waals surface area contributed by atoms with Crippen LogP contribution in [0, 0.1) is 12.8 Å². The van der Waals surface area contributed by atoms with Gasteiger partial charge in [0.25, 0.3) is 0 Å². The Balaban J connectivity index is 2.31. The molecule has 0 aliphatic rings. The molecule has 112 valence electrons. The molecule has 1 unspecified atom stereocenters. The first kappa shape index (κ1) is 16.3. The van der Waals surface area contributed by atoms with Gasteiger partial charge in [-0.05, 0) is 31.4 Å². The zero-order valence-corrected chi connectivity index (χ0v) is 13.2. The van der Waals surface area contributed by atoms with Gasteiger partial charge in [-0.15, -0.1) is 0 Å². The molecule has 1 aromatic carbocycles. The lowest BCUT2D eigenvalue weighted by molar-refractivity contribution is 0.319. The highest BCUT2D eigenvalue weighted by molar-refractivity contribution is 5.79. The fourth-order valence-electron chi connectivity index (χ4n) is 1.63. The number of guanidine groups is 1. The highest BCUT2D eigenvalue weighted by atomic mass is 16.5. The van der Waals surface area contributed by atoms with Crippen molar-refractivity contribution in [3.63, 3.8) is 0 Å². The minimum Gasteiger partial charge on any atom is -0.491 e. The molecule has 1 atom stereocenters. The van der Waals surface area contributed by atoms with Crippen LogP contribution < -0.4 is 15.4 Å². The van der Waals surface area contributed by atoms with E-state index in [9.17, 15) is 0 Å². The molecule has 0 saturated heterocycles. The first-order valence-corrected chi connectivity index (χ1v) is 7.20. The Labute approximate surface area is 122 Å².